The van der Waals surface area contributed by atoms with Crippen LogP contribution in [0.5, 0.6) is 0 Å². The number of hydrogen-bond donors (Lipinski definition) is 2. The van der Waals surface area contributed by atoms with E-state index in [2.05, 4.69) is 31.2 Å². The third kappa shape index (κ3) is 3.27. The number of hydrogen-bond acceptors (Lipinski definition) is 5. The number of pyridine rings is 1. The first-order chi connectivity index (χ1) is 8.66. The van der Waals surface area contributed by atoms with Gasteiger partial charge in [0.2, 0.25) is 0 Å². The maximum absolute atomic E-state index is 11.9. The number of aromatic nitrogens is 2. The lowest BCUT2D eigenvalue weighted by Gasteiger charge is -2.06. The maximum atomic E-state index is 11.9. The monoisotopic (exact) mass is 326 g/mol. The summed E-state index contributed by atoms with van der Waals surface area (Å²) >= 11 is 4.83. The molecule has 0 radical (unpaired) electrons. The van der Waals surface area contributed by atoms with E-state index in [4.69, 9.17) is 5.73 Å². The molecule has 0 fully saturated rings. The second-order valence-electron chi connectivity index (χ2n) is 3.52. The Morgan fingerprint density at radius 1 is 1.50 bits per heavy atom. The van der Waals surface area contributed by atoms with Gasteiger partial charge >= 0.3 is 0 Å². The van der Waals surface area contributed by atoms with Crippen LogP contribution >= 0.6 is 27.3 Å². The number of thiazole rings is 1. The zero-order valence-corrected chi connectivity index (χ0v) is 11.8. The molecular weight excluding hydrogens is 316 g/mol. The van der Waals surface area contributed by atoms with Crippen molar-refractivity contribution in [2.45, 2.75) is 6.42 Å². The van der Waals surface area contributed by atoms with E-state index in [1.54, 1.807) is 29.8 Å². The first-order valence-corrected chi connectivity index (χ1v) is 6.91. The molecule has 5 nitrogen and oxygen atoms in total. The van der Waals surface area contributed by atoms with Crippen LogP contribution in [-0.4, -0.2) is 22.4 Å². The molecule has 0 aromatic carbocycles. The van der Waals surface area contributed by atoms with E-state index >= 15 is 0 Å². The molecule has 2 heterocycles. The molecule has 1 amide bonds. The normalized spacial score (nSPS) is 10.3. The Balaban J connectivity index is 1.93. The number of amides is 1. The number of nitrogens with zero attached hydrogens (tertiary/aromatic N) is 2. The predicted molar refractivity (Wildman–Crippen MR) is 74.5 cm³/mol. The zero-order valence-electron chi connectivity index (χ0n) is 9.39. The Morgan fingerprint density at radius 3 is 3.06 bits per heavy atom. The van der Waals surface area contributed by atoms with E-state index in [0.29, 0.717) is 18.5 Å². The summed E-state index contributed by atoms with van der Waals surface area (Å²) in [5, 5.41) is 5.70. The molecule has 0 aliphatic rings. The first-order valence-electron chi connectivity index (χ1n) is 5.24. The van der Waals surface area contributed by atoms with Crippen LogP contribution in [0.1, 0.15) is 15.4 Å². The molecule has 0 aliphatic heterocycles. The van der Waals surface area contributed by atoms with Crippen molar-refractivity contribution in [2.24, 2.45) is 0 Å². The lowest BCUT2D eigenvalue weighted by atomic mass is 10.2. The van der Waals surface area contributed by atoms with Crippen LogP contribution in [-0.2, 0) is 6.42 Å². The van der Waals surface area contributed by atoms with E-state index in [0.717, 1.165) is 9.48 Å². The molecule has 0 atom stereocenters. The maximum Gasteiger partial charge on any atom is 0.255 e. The SMILES string of the molecule is Nc1ncc(Br)cc1C(=O)NCCc1nccs1. The van der Waals surface area contributed by atoms with Crippen LogP contribution < -0.4 is 11.1 Å². The summed E-state index contributed by atoms with van der Waals surface area (Å²) in [5.41, 5.74) is 6.03. The fourth-order valence-corrected chi connectivity index (χ4v) is 2.34. The summed E-state index contributed by atoms with van der Waals surface area (Å²) in [7, 11) is 0. The smallest absolute Gasteiger partial charge is 0.255 e. The molecule has 0 unspecified atom stereocenters. The van der Waals surface area contributed by atoms with Crippen molar-refractivity contribution in [1.29, 1.82) is 0 Å². The number of carbonyl (C=O) groups excluding carboxylic acids is 1. The number of rotatable bonds is 4. The topological polar surface area (TPSA) is 80.9 Å². The van der Waals surface area contributed by atoms with Gasteiger partial charge in [0.05, 0.1) is 10.6 Å². The van der Waals surface area contributed by atoms with Gasteiger partial charge in [-0.05, 0) is 22.0 Å². The van der Waals surface area contributed by atoms with Gasteiger partial charge in [-0.1, -0.05) is 0 Å². The van der Waals surface area contributed by atoms with Gasteiger partial charge in [0.1, 0.15) is 5.82 Å². The molecule has 0 saturated heterocycles. The number of nitrogens with two attached hydrogens (primary N) is 1. The van der Waals surface area contributed by atoms with E-state index < -0.39 is 0 Å². The predicted octanol–water partition coefficient (Wildman–Crippen LogP) is 1.86. The first kappa shape index (κ1) is 13.0. The van der Waals surface area contributed by atoms with Gasteiger partial charge in [0.25, 0.3) is 5.91 Å². The van der Waals surface area contributed by atoms with Crippen molar-refractivity contribution in [2.75, 3.05) is 12.3 Å². The second-order valence-corrected chi connectivity index (χ2v) is 5.41. The summed E-state index contributed by atoms with van der Waals surface area (Å²) in [6, 6.07) is 1.65. The number of halogens is 1. The molecule has 18 heavy (non-hydrogen) atoms. The molecule has 2 aromatic heterocycles. The van der Waals surface area contributed by atoms with Crippen molar-refractivity contribution >= 4 is 39.0 Å². The van der Waals surface area contributed by atoms with Crippen molar-refractivity contribution in [3.05, 3.63) is 38.9 Å². The molecule has 94 valence electrons. The Hall–Kier alpha value is -1.47. The van der Waals surface area contributed by atoms with Crippen LogP contribution in [0.25, 0.3) is 0 Å². The Labute approximate surface area is 117 Å². The fourth-order valence-electron chi connectivity index (χ4n) is 1.39. The fraction of sp³-hybridized carbons (Fsp3) is 0.182. The molecule has 7 heteroatoms. The molecule has 2 rings (SSSR count). The molecular formula is C11H11BrN4OS. The summed E-state index contributed by atoms with van der Waals surface area (Å²) in [5.74, 6) is 0.00260. The van der Waals surface area contributed by atoms with Crippen molar-refractivity contribution in [3.63, 3.8) is 0 Å². The van der Waals surface area contributed by atoms with Gasteiger partial charge in [-0.15, -0.1) is 11.3 Å². The van der Waals surface area contributed by atoms with E-state index in [1.165, 1.54) is 0 Å². The summed E-state index contributed by atoms with van der Waals surface area (Å²) in [6.45, 7) is 0.526. The highest BCUT2D eigenvalue weighted by Crippen LogP contribution is 2.15. The third-order valence-corrected chi connectivity index (χ3v) is 3.51. The minimum atomic E-state index is -0.224. The number of carbonyl (C=O) groups is 1. The lowest BCUT2D eigenvalue weighted by molar-refractivity contribution is 0.0954. The van der Waals surface area contributed by atoms with Crippen LogP contribution in [0.4, 0.5) is 5.82 Å². The Morgan fingerprint density at radius 2 is 2.33 bits per heavy atom. The minimum absolute atomic E-state index is 0.224. The molecule has 0 aliphatic carbocycles. The van der Waals surface area contributed by atoms with Gasteiger partial charge in [-0.25, -0.2) is 9.97 Å². The van der Waals surface area contributed by atoms with Crippen molar-refractivity contribution < 1.29 is 4.79 Å². The summed E-state index contributed by atoms with van der Waals surface area (Å²) in [4.78, 5) is 19.9. The van der Waals surface area contributed by atoms with Gasteiger partial charge in [0.15, 0.2) is 0 Å². The Kier molecular flexibility index (Phi) is 4.27. The zero-order chi connectivity index (χ0) is 13.0. The highest BCUT2D eigenvalue weighted by molar-refractivity contribution is 9.10. The molecule has 0 bridgehead atoms. The molecule has 0 saturated carbocycles. The average Bonchev–Trinajstić information content (AvgIpc) is 2.85. The highest BCUT2D eigenvalue weighted by atomic mass is 79.9. The van der Waals surface area contributed by atoms with Gasteiger partial charge in [-0.2, -0.15) is 0 Å². The lowest BCUT2D eigenvalue weighted by Crippen LogP contribution is -2.26. The van der Waals surface area contributed by atoms with Gasteiger partial charge in [-0.3, -0.25) is 4.79 Å². The van der Waals surface area contributed by atoms with Gasteiger partial charge < -0.3 is 11.1 Å². The quantitative estimate of drug-likeness (QED) is 0.898. The van der Waals surface area contributed by atoms with Crippen LogP contribution in [0.15, 0.2) is 28.3 Å². The van der Waals surface area contributed by atoms with Gasteiger partial charge in [0, 0.05) is 35.2 Å². The second kappa shape index (κ2) is 5.92. The minimum Gasteiger partial charge on any atom is -0.383 e. The van der Waals surface area contributed by atoms with Crippen molar-refractivity contribution in [1.82, 2.24) is 15.3 Å². The van der Waals surface area contributed by atoms with E-state index in [9.17, 15) is 4.79 Å². The Bertz CT molecular complexity index is 544. The average molecular weight is 327 g/mol. The summed E-state index contributed by atoms with van der Waals surface area (Å²) < 4.78 is 0.724. The van der Waals surface area contributed by atoms with Crippen LogP contribution in [0.3, 0.4) is 0 Å². The standard InChI is InChI=1S/C11H11BrN4OS/c12-7-5-8(10(13)16-6-7)11(17)15-2-1-9-14-3-4-18-9/h3-6H,1-2H2,(H2,13,16)(H,15,17). The number of nitrogen functional groups attached to an aromatic ring is 1. The number of anilines is 1. The molecule has 3 N–H and O–H groups in total. The van der Waals surface area contributed by atoms with Crippen molar-refractivity contribution in [3.8, 4) is 0 Å². The largest absolute Gasteiger partial charge is 0.383 e. The van der Waals surface area contributed by atoms with E-state index in [-0.39, 0.29) is 11.7 Å². The highest BCUT2D eigenvalue weighted by Gasteiger charge is 2.10. The van der Waals surface area contributed by atoms with Crippen LogP contribution in [0.2, 0.25) is 0 Å². The molecule has 0 spiro atoms. The number of nitrogens with one attached hydrogen (secondary N) is 1. The van der Waals surface area contributed by atoms with Crippen LogP contribution in [0, 0.1) is 0 Å². The summed E-state index contributed by atoms with van der Waals surface area (Å²) in [6.07, 6.45) is 4.02. The van der Waals surface area contributed by atoms with E-state index in [1.807, 2.05) is 5.38 Å². The third-order valence-electron chi connectivity index (χ3n) is 2.24. The molecule has 2 aromatic rings.